The minimum Gasteiger partial charge on any atom is -0.361 e. The summed E-state index contributed by atoms with van der Waals surface area (Å²) in [6.45, 7) is 8.28. The summed E-state index contributed by atoms with van der Waals surface area (Å²) in [7, 11) is -1.10. The molecule has 3 aromatic rings. The van der Waals surface area contributed by atoms with Crippen molar-refractivity contribution in [1.82, 2.24) is 14.5 Å². The van der Waals surface area contributed by atoms with E-state index in [-0.39, 0.29) is 0 Å². The van der Waals surface area contributed by atoms with E-state index in [4.69, 9.17) is 16.3 Å². The molecular formula is C18H22ClN3OSi. The molecule has 0 amide bonds. The number of pyridine rings is 2. The zero-order chi connectivity index (χ0) is 17.2. The summed E-state index contributed by atoms with van der Waals surface area (Å²) in [5.41, 5.74) is 2.89. The van der Waals surface area contributed by atoms with Gasteiger partial charge >= 0.3 is 0 Å². The first-order valence-electron chi connectivity index (χ1n) is 8.07. The monoisotopic (exact) mass is 359 g/mol. The molecule has 0 aliphatic heterocycles. The normalized spacial score (nSPS) is 12.0. The van der Waals surface area contributed by atoms with Gasteiger partial charge in [-0.15, -0.1) is 0 Å². The molecule has 24 heavy (non-hydrogen) atoms. The number of fused-ring (bicyclic) bond motifs is 1. The van der Waals surface area contributed by atoms with E-state index in [1.54, 1.807) is 12.4 Å². The molecule has 3 aromatic heterocycles. The van der Waals surface area contributed by atoms with Gasteiger partial charge in [0.1, 0.15) is 12.4 Å². The Hall–Kier alpha value is -1.69. The second kappa shape index (κ2) is 7.05. The smallest absolute Gasteiger partial charge is 0.143 e. The Bertz CT molecular complexity index is 827. The summed E-state index contributed by atoms with van der Waals surface area (Å²) >= 11 is 6.35. The number of rotatable bonds is 6. The van der Waals surface area contributed by atoms with Crippen LogP contribution in [-0.2, 0) is 11.5 Å². The fraction of sp³-hybridized carbons (Fsp3) is 0.333. The Labute approximate surface area is 148 Å². The van der Waals surface area contributed by atoms with E-state index in [1.165, 1.54) is 0 Å². The molecule has 0 spiro atoms. The van der Waals surface area contributed by atoms with Crippen LogP contribution in [0.5, 0.6) is 0 Å². The molecule has 0 fully saturated rings. The van der Waals surface area contributed by atoms with Crippen molar-refractivity contribution in [2.45, 2.75) is 32.4 Å². The van der Waals surface area contributed by atoms with Crippen molar-refractivity contribution in [1.29, 1.82) is 0 Å². The number of hydrogen-bond acceptors (Lipinski definition) is 3. The molecule has 4 nitrogen and oxygen atoms in total. The number of aromatic nitrogens is 3. The molecule has 0 N–H and O–H groups in total. The lowest BCUT2D eigenvalue weighted by molar-refractivity contribution is 0.0909. The van der Waals surface area contributed by atoms with Crippen molar-refractivity contribution in [3.8, 4) is 11.3 Å². The van der Waals surface area contributed by atoms with Crippen LogP contribution in [0.1, 0.15) is 0 Å². The summed E-state index contributed by atoms with van der Waals surface area (Å²) < 4.78 is 8.03. The number of ether oxygens (including phenoxy) is 1. The van der Waals surface area contributed by atoms with Crippen LogP contribution in [0.15, 0.2) is 42.9 Å². The van der Waals surface area contributed by atoms with Crippen molar-refractivity contribution in [2.75, 3.05) is 6.61 Å². The fourth-order valence-electron chi connectivity index (χ4n) is 2.54. The largest absolute Gasteiger partial charge is 0.361 e. The first kappa shape index (κ1) is 17.1. The Kier molecular flexibility index (Phi) is 5.03. The van der Waals surface area contributed by atoms with Crippen molar-refractivity contribution < 1.29 is 4.74 Å². The first-order chi connectivity index (χ1) is 11.5. The van der Waals surface area contributed by atoms with E-state index in [9.17, 15) is 0 Å². The van der Waals surface area contributed by atoms with Crippen LogP contribution in [0.3, 0.4) is 0 Å². The van der Waals surface area contributed by atoms with Gasteiger partial charge in [0.05, 0.1) is 10.7 Å². The van der Waals surface area contributed by atoms with Crippen LogP contribution in [0, 0.1) is 0 Å². The van der Waals surface area contributed by atoms with Gasteiger partial charge in [-0.2, -0.15) is 0 Å². The molecule has 0 bridgehead atoms. The fourth-order valence-corrected chi connectivity index (χ4v) is 3.49. The zero-order valence-corrected chi connectivity index (χ0v) is 16.0. The molecule has 0 aliphatic rings. The van der Waals surface area contributed by atoms with Gasteiger partial charge in [-0.05, 0) is 30.3 Å². The molecule has 0 aliphatic carbocycles. The lowest BCUT2D eigenvalue weighted by atomic mass is 10.2. The number of nitrogens with zero attached hydrogens (tertiary/aromatic N) is 3. The van der Waals surface area contributed by atoms with E-state index in [1.807, 2.05) is 24.4 Å². The lowest BCUT2D eigenvalue weighted by Crippen LogP contribution is -2.22. The molecule has 3 heterocycles. The Morgan fingerprint density at radius 1 is 1.21 bits per heavy atom. The summed E-state index contributed by atoms with van der Waals surface area (Å²) in [6.07, 6.45) is 5.35. The molecule has 0 saturated heterocycles. The highest BCUT2D eigenvalue weighted by molar-refractivity contribution is 6.76. The molecular weight excluding hydrogens is 338 g/mol. The summed E-state index contributed by atoms with van der Waals surface area (Å²) in [4.78, 5) is 8.72. The predicted molar refractivity (Wildman–Crippen MR) is 102 cm³/mol. The third kappa shape index (κ3) is 3.86. The zero-order valence-electron chi connectivity index (χ0n) is 14.3. The molecule has 126 valence electrons. The van der Waals surface area contributed by atoms with Gasteiger partial charge in [0.15, 0.2) is 0 Å². The van der Waals surface area contributed by atoms with Gasteiger partial charge in [0, 0.05) is 44.2 Å². The average molecular weight is 360 g/mol. The third-order valence-corrected chi connectivity index (χ3v) is 5.95. The molecule has 0 radical (unpaired) electrons. The van der Waals surface area contributed by atoms with Crippen LogP contribution in [-0.4, -0.2) is 29.2 Å². The Morgan fingerprint density at radius 3 is 2.75 bits per heavy atom. The first-order valence-corrected chi connectivity index (χ1v) is 12.2. The maximum absolute atomic E-state index is 6.35. The SMILES string of the molecule is C[Si](C)(C)CCOCn1c(-c2cccnc2)cc2c(Cl)ccnc21. The summed E-state index contributed by atoms with van der Waals surface area (Å²) in [6, 6.07) is 8.98. The van der Waals surface area contributed by atoms with Crippen molar-refractivity contribution in [3.05, 3.63) is 47.9 Å². The average Bonchev–Trinajstić information content (AvgIpc) is 2.92. The van der Waals surface area contributed by atoms with Crippen molar-refractivity contribution in [3.63, 3.8) is 0 Å². The topological polar surface area (TPSA) is 39.9 Å². The molecule has 0 unspecified atom stereocenters. The van der Waals surface area contributed by atoms with Gasteiger partial charge in [-0.1, -0.05) is 31.2 Å². The maximum Gasteiger partial charge on any atom is 0.143 e. The molecule has 0 aromatic carbocycles. The Morgan fingerprint density at radius 2 is 2.04 bits per heavy atom. The van der Waals surface area contributed by atoms with E-state index in [0.717, 1.165) is 34.9 Å². The van der Waals surface area contributed by atoms with Crippen molar-refractivity contribution >= 4 is 30.7 Å². The summed E-state index contributed by atoms with van der Waals surface area (Å²) in [5.74, 6) is 0. The van der Waals surface area contributed by atoms with E-state index < -0.39 is 8.07 Å². The molecule has 6 heteroatoms. The second-order valence-corrected chi connectivity index (χ2v) is 13.1. The van der Waals surface area contributed by atoms with Gasteiger partial charge in [0.25, 0.3) is 0 Å². The van der Waals surface area contributed by atoms with E-state index in [2.05, 4.69) is 40.2 Å². The lowest BCUT2D eigenvalue weighted by Gasteiger charge is -2.16. The van der Waals surface area contributed by atoms with E-state index >= 15 is 0 Å². The molecule has 3 rings (SSSR count). The number of halogens is 1. The molecule has 0 saturated carbocycles. The Balaban J connectivity index is 1.93. The molecule has 0 atom stereocenters. The minimum absolute atomic E-state index is 0.464. The van der Waals surface area contributed by atoms with Crippen LogP contribution in [0.2, 0.25) is 30.7 Å². The standard InChI is InChI=1S/C18H22ClN3OSi/c1-24(2,3)10-9-23-13-22-17(14-5-4-7-20-12-14)11-15-16(19)6-8-21-18(15)22/h4-8,11-12H,9-10,13H2,1-3H3. The van der Waals surface area contributed by atoms with Crippen LogP contribution in [0.4, 0.5) is 0 Å². The quantitative estimate of drug-likeness (QED) is 0.456. The maximum atomic E-state index is 6.35. The highest BCUT2D eigenvalue weighted by atomic mass is 35.5. The van der Waals surface area contributed by atoms with Crippen LogP contribution < -0.4 is 0 Å². The van der Waals surface area contributed by atoms with Gasteiger partial charge in [-0.25, -0.2) is 4.98 Å². The van der Waals surface area contributed by atoms with Gasteiger partial charge in [-0.3, -0.25) is 4.98 Å². The third-order valence-electron chi connectivity index (χ3n) is 3.92. The van der Waals surface area contributed by atoms with Gasteiger partial charge < -0.3 is 9.30 Å². The highest BCUT2D eigenvalue weighted by Gasteiger charge is 2.15. The van der Waals surface area contributed by atoms with E-state index in [0.29, 0.717) is 11.8 Å². The van der Waals surface area contributed by atoms with Gasteiger partial charge in [0.2, 0.25) is 0 Å². The van der Waals surface area contributed by atoms with Crippen LogP contribution in [0.25, 0.3) is 22.3 Å². The highest BCUT2D eigenvalue weighted by Crippen LogP contribution is 2.30. The summed E-state index contributed by atoms with van der Waals surface area (Å²) in [5, 5.41) is 1.64. The predicted octanol–water partition coefficient (Wildman–Crippen LogP) is 5.06. The minimum atomic E-state index is -1.10. The number of hydrogen-bond donors (Lipinski definition) is 0. The second-order valence-electron chi connectivity index (χ2n) is 7.08. The van der Waals surface area contributed by atoms with Crippen LogP contribution >= 0.6 is 11.6 Å². The van der Waals surface area contributed by atoms with Crippen molar-refractivity contribution in [2.24, 2.45) is 0 Å².